The van der Waals surface area contributed by atoms with Gasteiger partial charge in [-0.3, -0.25) is 20.7 Å². The molecule has 8 heteroatoms. The van der Waals surface area contributed by atoms with Gasteiger partial charge < -0.3 is 10.3 Å². The first-order valence-electron chi connectivity index (χ1n) is 5.65. The zero-order valence-electron chi connectivity index (χ0n) is 10.7. The highest BCUT2D eigenvalue weighted by atomic mass is 16.2. The summed E-state index contributed by atoms with van der Waals surface area (Å²) < 4.78 is 0. The van der Waals surface area contributed by atoms with E-state index in [1.807, 2.05) is 0 Å². The van der Waals surface area contributed by atoms with Crippen molar-refractivity contribution in [1.82, 2.24) is 25.1 Å². The Morgan fingerprint density at radius 1 is 1.58 bits per heavy atom. The molecule has 100 valence electrons. The highest BCUT2D eigenvalue weighted by Gasteiger charge is 2.17. The number of carbonyl (C=O) groups is 1. The first-order chi connectivity index (χ1) is 9.11. The molecule has 0 saturated carbocycles. The number of aryl methyl sites for hydroxylation is 1. The van der Waals surface area contributed by atoms with Gasteiger partial charge in [0.05, 0.1) is 24.0 Å². The minimum atomic E-state index is -0.183. The molecular weight excluding hydrogens is 246 g/mol. The SMILES string of the molecule is Cc1nc(CN(C)C(=O)c2ccncc2NN)n[nH]1. The van der Waals surface area contributed by atoms with Crippen LogP contribution in [0.1, 0.15) is 22.0 Å². The van der Waals surface area contributed by atoms with E-state index in [2.05, 4.69) is 25.6 Å². The molecule has 4 N–H and O–H groups in total. The van der Waals surface area contributed by atoms with Gasteiger partial charge >= 0.3 is 0 Å². The number of H-pyrrole nitrogens is 1. The predicted octanol–water partition coefficient (Wildman–Crippen LogP) is 0.0659. The van der Waals surface area contributed by atoms with Crippen molar-refractivity contribution in [1.29, 1.82) is 0 Å². The largest absolute Gasteiger partial charge is 0.334 e. The third-order valence-corrected chi connectivity index (χ3v) is 2.58. The summed E-state index contributed by atoms with van der Waals surface area (Å²) in [5.41, 5.74) is 3.38. The molecular formula is C11H15N7O. The molecule has 1 amide bonds. The van der Waals surface area contributed by atoms with Crippen molar-refractivity contribution in [2.75, 3.05) is 12.5 Å². The lowest BCUT2D eigenvalue weighted by Crippen LogP contribution is -2.28. The van der Waals surface area contributed by atoms with Gasteiger partial charge in [-0.15, -0.1) is 0 Å². The second-order valence-electron chi connectivity index (χ2n) is 4.06. The number of aromatic nitrogens is 4. The second-order valence-corrected chi connectivity index (χ2v) is 4.06. The zero-order valence-corrected chi connectivity index (χ0v) is 10.7. The molecule has 0 unspecified atom stereocenters. The van der Waals surface area contributed by atoms with E-state index < -0.39 is 0 Å². The van der Waals surface area contributed by atoms with E-state index in [0.717, 1.165) is 0 Å². The molecule has 2 rings (SSSR count). The molecule has 0 saturated heterocycles. The van der Waals surface area contributed by atoms with Crippen LogP contribution in [0.3, 0.4) is 0 Å². The van der Waals surface area contributed by atoms with Crippen LogP contribution in [0.5, 0.6) is 0 Å². The van der Waals surface area contributed by atoms with Crippen LogP contribution < -0.4 is 11.3 Å². The number of pyridine rings is 1. The van der Waals surface area contributed by atoms with Crippen LogP contribution in [0.4, 0.5) is 5.69 Å². The molecule has 2 heterocycles. The molecule has 0 spiro atoms. The Morgan fingerprint density at radius 3 is 3.00 bits per heavy atom. The number of aromatic amines is 1. The monoisotopic (exact) mass is 261 g/mol. The molecule has 2 aromatic rings. The molecule has 8 nitrogen and oxygen atoms in total. The van der Waals surface area contributed by atoms with Crippen LogP contribution in [-0.4, -0.2) is 38.0 Å². The second kappa shape index (κ2) is 5.44. The number of amides is 1. The molecule has 0 bridgehead atoms. The lowest BCUT2D eigenvalue weighted by molar-refractivity contribution is 0.0782. The lowest BCUT2D eigenvalue weighted by atomic mass is 10.2. The Hall–Kier alpha value is -2.48. The third kappa shape index (κ3) is 2.86. The van der Waals surface area contributed by atoms with Crippen molar-refractivity contribution in [3.05, 3.63) is 35.7 Å². The summed E-state index contributed by atoms with van der Waals surface area (Å²) in [6, 6.07) is 1.61. The number of hydrogen-bond donors (Lipinski definition) is 3. The molecule has 0 atom stereocenters. The molecule has 0 aliphatic heterocycles. The number of hydrogen-bond acceptors (Lipinski definition) is 6. The van der Waals surface area contributed by atoms with Crippen LogP contribution in [0.15, 0.2) is 18.5 Å². The average molecular weight is 261 g/mol. The van der Waals surface area contributed by atoms with Crippen LogP contribution in [0.25, 0.3) is 0 Å². The summed E-state index contributed by atoms with van der Waals surface area (Å²) in [6.07, 6.45) is 3.04. The van der Waals surface area contributed by atoms with Crippen molar-refractivity contribution in [3.8, 4) is 0 Å². The number of anilines is 1. The first-order valence-corrected chi connectivity index (χ1v) is 5.65. The quantitative estimate of drug-likeness (QED) is 0.530. The molecule has 19 heavy (non-hydrogen) atoms. The van der Waals surface area contributed by atoms with Crippen molar-refractivity contribution in [3.63, 3.8) is 0 Å². The van der Waals surface area contributed by atoms with E-state index in [-0.39, 0.29) is 5.91 Å². The number of nitrogens with two attached hydrogens (primary N) is 1. The Labute approximate surface area is 110 Å². The highest BCUT2D eigenvalue weighted by Crippen LogP contribution is 2.14. The number of nitrogens with zero attached hydrogens (tertiary/aromatic N) is 4. The molecule has 2 aromatic heterocycles. The number of hydrazine groups is 1. The van der Waals surface area contributed by atoms with E-state index in [1.165, 1.54) is 11.1 Å². The maximum Gasteiger partial charge on any atom is 0.256 e. The lowest BCUT2D eigenvalue weighted by Gasteiger charge is -2.16. The topological polar surface area (TPSA) is 113 Å². The number of nitrogen functional groups attached to an aromatic ring is 1. The molecule has 0 aliphatic carbocycles. The van der Waals surface area contributed by atoms with Gasteiger partial charge in [-0.05, 0) is 13.0 Å². The summed E-state index contributed by atoms with van der Waals surface area (Å²) in [4.78, 5) is 21.8. The fourth-order valence-corrected chi connectivity index (χ4v) is 1.65. The summed E-state index contributed by atoms with van der Waals surface area (Å²) in [6.45, 7) is 2.12. The van der Waals surface area contributed by atoms with Gasteiger partial charge in [-0.1, -0.05) is 0 Å². The van der Waals surface area contributed by atoms with E-state index in [9.17, 15) is 4.79 Å². The van der Waals surface area contributed by atoms with E-state index >= 15 is 0 Å². The molecule has 0 fully saturated rings. The predicted molar refractivity (Wildman–Crippen MR) is 69.0 cm³/mol. The zero-order chi connectivity index (χ0) is 13.8. The van der Waals surface area contributed by atoms with Crippen LogP contribution >= 0.6 is 0 Å². The molecule has 0 aliphatic rings. The van der Waals surface area contributed by atoms with E-state index in [0.29, 0.717) is 29.4 Å². The summed E-state index contributed by atoms with van der Waals surface area (Å²) in [7, 11) is 1.68. The molecule has 0 radical (unpaired) electrons. The average Bonchev–Trinajstić information content (AvgIpc) is 2.83. The fourth-order valence-electron chi connectivity index (χ4n) is 1.65. The van der Waals surface area contributed by atoms with Gasteiger partial charge in [0.15, 0.2) is 5.82 Å². The van der Waals surface area contributed by atoms with Crippen molar-refractivity contribution >= 4 is 11.6 Å². The van der Waals surface area contributed by atoms with E-state index in [4.69, 9.17) is 5.84 Å². The highest BCUT2D eigenvalue weighted by molar-refractivity contribution is 5.99. The maximum absolute atomic E-state index is 12.3. The van der Waals surface area contributed by atoms with E-state index in [1.54, 1.807) is 26.2 Å². The van der Waals surface area contributed by atoms with Crippen molar-refractivity contribution < 1.29 is 4.79 Å². The Morgan fingerprint density at radius 2 is 2.37 bits per heavy atom. The van der Waals surface area contributed by atoms with Gasteiger partial charge in [-0.25, -0.2) is 4.98 Å². The third-order valence-electron chi connectivity index (χ3n) is 2.58. The summed E-state index contributed by atoms with van der Waals surface area (Å²) in [5.74, 6) is 6.44. The van der Waals surface area contributed by atoms with Gasteiger partial charge in [0.25, 0.3) is 5.91 Å². The normalized spacial score (nSPS) is 10.3. The van der Waals surface area contributed by atoms with Gasteiger partial charge in [0.1, 0.15) is 5.82 Å². The standard InChI is InChI=1S/C11H15N7O/c1-7-14-10(17-16-7)6-18(2)11(19)8-3-4-13-5-9(8)15-12/h3-5,15H,6,12H2,1-2H3,(H,14,16,17). The number of rotatable bonds is 4. The fraction of sp³-hybridized carbons (Fsp3) is 0.273. The minimum Gasteiger partial charge on any atom is -0.334 e. The van der Waals surface area contributed by atoms with Crippen LogP contribution in [0, 0.1) is 6.92 Å². The van der Waals surface area contributed by atoms with Gasteiger partial charge in [0.2, 0.25) is 0 Å². The maximum atomic E-state index is 12.3. The van der Waals surface area contributed by atoms with Crippen molar-refractivity contribution in [2.45, 2.75) is 13.5 Å². The Bertz CT molecular complexity index is 580. The van der Waals surface area contributed by atoms with Crippen molar-refractivity contribution in [2.24, 2.45) is 5.84 Å². The Balaban J connectivity index is 2.14. The summed E-state index contributed by atoms with van der Waals surface area (Å²) >= 11 is 0. The van der Waals surface area contributed by atoms with Gasteiger partial charge in [-0.2, -0.15) is 5.10 Å². The van der Waals surface area contributed by atoms with Crippen LogP contribution in [0.2, 0.25) is 0 Å². The van der Waals surface area contributed by atoms with Crippen LogP contribution in [-0.2, 0) is 6.54 Å². The summed E-state index contributed by atoms with van der Waals surface area (Å²) in [5, 5.41) is 6.73. The Kier molecular flexibility index (Phi) is 3.71. The smallest absolute Gasteiger partial charge is 0.256 e. The van der Waals surface area contributed by atoms with Gasteiger partial charge in [0, 0.05) is 13.2 Å². The number of nitrogens with one attached hydrogen (secondary N) is 2. The minimum absolute atomic E-state index is 0.183. The first kappa shape index (κ1) is 13.0. The molecule has 0 aromatic carbocycles. The number of carbonyl (C=O) groups excluding carboxylic acids is 1.